The van der Waals surface area contributed by atoms with E-state index in [2.05, 4.69) is 11.6 Å². The summed E-state index contributed by atoms with van der Waals surface area (Å²) in [6, 6.07) is 18.7. The number of carbonyl (C=O) groups is 2. The molecule has 1 aromatic heterocycles. The van der Waals surface area contributed by atoms with E-state index < -0.39 is 5.97 Å². The van der Waals surface area contributed by atoms with Crippen molar-refractivity contribution in [2.45, 2.75) is 0 Å². The minimum Gasteiger partial charge on any atom is -0.451 e. The number of carbonyl (C=O) groups excluding carboxylic acids is 2. The van der Waals surface area contributed by atoms with Gasteiger partial charge in [-0.1, -0.05) is 54.6 Å². The van der Waals surface area contributed by atoms with E-state index in [1.807, 2.05) is 60.7 Å². The Bertz CT molecular complexity index is 923. The van der Waals surface area contributed by atoms with E-state index in [0.717, 1.165) is 16.3 Å². The zero-order chi connectivity index (χ0) is 19.1. The normalized spacial score (nSPS) is 10.2. The second kappa shape index (κ2) is 8.91. The van der Waals surface area contributed by atoms with Crippen LogP contribution < -0.4 is 4.90 Å². The van der Waals surface area contributed by atoms with Gasteiger partial charge in [0.25, 0.3) is 5.91 Å². The molecule has 0 aliphatic rings. The van der Waals surface area contributed by atoms with Gasteiger partial charge in [-0.15, -0.1) is 17.9 Å². The number of benzene rings is 2. The number of para-hydroxylation sites is 1. The first-order chi connectivity index (χ1) is 13.2. The first-order valence-corrected chi connectivity index (χ1v) is 9.21. The number of ether oxygens (including phenoxy) is 1. The fourth-order valence-electron chi connectivity index (χ4n) is 2.45. The Morgan fingerprint density at radius 1 is 1.07 bits per heavy atom. The van der Waals surface area contributed by atoms with E-state index in [4.69, 9.17) is 4.74 Å². The standard InChI is InChI=1S/C21H18N2O3S/c1-2-13-23(17-11-7-4-8-12-17)19(24)14-26-21(25)18-15-27-20(22-18)16-9-5-3-6-10-16/h2-12,15H,1,13-14H2. The van der Waals surface area contributed by atoms with Crippen LogP contribution in [0.2, 0.25) is 0 Å². The summed E-state index contributed by atoms with van der Waals surface area (Å²) in [7, 11) is 0. The number of thiazole rings is 1. The van der Waals surface area contributed by atoms with Crippen molar-refractivity contribution in [3.05, 3.63) is 84.4 Å². The monoisotopic (exact) mass is 378 g/mol. The Morgan fingerprint density at radius 3 is 2.41 bits per heavy atom. The Kier molecular flexibility index (Phi) is 6.12. The summed E-state index contributed by atoms with van der Waals surface area (Å²) in [6.07, 6.45) is 1.62. The number of amides is 1. The van der Waals surface area contributed by atoms with Gasteiger partial charge in [-0.25, -0.2) is 9.78 Å². The van der Waals surface area contributed by atoms with Gasteiger partial charge in [-0.2, -0.15) is 0 Å². The molecule has 0 saturated carbocycles. The van der Waals surface area contributed by atoms with Crippen LogP contribution in [0.15, 0.2) is 78.7 Å². The van der Waals surface area contributed by atoms with Crippen molar-refractivity contribution in [1.82, 2.24) is 4.98 Å². The minimum atomic E-state index is -0.617. The molecule has 136 valence electrons. The number of hydrogen-bond acceptors (Lipinski definition) is 5. The van der Waals surface area contributed by atoms with Gasteiger partial charge >= 0.3 is 5.97 Å². The summed E-state index contributed by atoms with van der Waals surface area (Å²) in [5.41, 5.74) is 1.85. The van der Waals surface area contributed by atoms with Crippen molar-refractivity contribution in [2.75, 3.05) is 18.1 Å². The Balaban J connectivity index is 1.63. The molecule has 0 atom stereocenters. The molecule has 0 bridgehead atoms. The summed E-state index contributed by atoms with van der Waals surface area (Å²) in [6.45, 7) is 3.64. The fourth-order valence-corrected chi connectivity index (χ4v) is 3.24. The van der Waals surface area contributed by atoms with Gasteiger partial charge < -0.3 is 9.64 Å². The highest BCUT2D eigenvalue weighted by molar-refractivity contribution is 7.13. The number of rotatable bonds is 7. The highest BCUT2D eigenvalue weighted by atomic mass is 32.1. The maximum Gasteiger partial charge on any atom is 0.358 e. The van der Waals surface area contributed by atoms with Crippen LogP contribution in [-0.2, 0) is 9.53 Å². The van der Waals surface area contributed by atoms with Crippen LogP contribution in [-0.4, -0.2) is 30.0 Å². The zero-order valence-corrected chi connectivity index (χ0v) is 15.4. The molecule has 1 amide bonds. The van der Waals surface area contributed by atoms with Crippen LogP contribution in [0.25, 0.3) is 10.6 Å². The molecule has 0 unspecified atom stereocenters. The molecular formula is C21H18N2O3S. The lowest BCUT2D eigenvalue weighted by atomic mass is 10.2. The highest BCUT2D eigenvalue weighted by Gasteiger charge is 2.19. The molecule has 1 heterocycles. The van der Waals surface area contributed by atoms with Crippen LogP contribution in [0, 0.1) is 0 Å². The lowest BCUT2D eigenvalue weighted by molar-refractivity contribution is -0.121. The number of aromatic nitrogens is 1. The largest absolute Gasteiger partial charge is 0.451 e. The van der Waals surface area contributed by atoms with Crippen molar-refractivity contribution in [2.24, 2.45) is 0 Å². The van der Waals surface area contributed by atoms with E-state index in [0.29, 0.717) is 6.54 Å². The molecule has 0 aliphatic heterocycles. The topological polar surface area (TPSA) is 59.5 Å². The van der Waals surface area contributed by atoms with Crippen LogP contribution in [0.1, 0.15) is 10.5 Å². The van der Waals surface area contributed by atoms with E-state index in [1.54, 1.807) is 11.5 Å². The third-order valence-electron chi connectivity index (χ3n) is 3.74. The molecule has 2 aromatic carbocycles. The third kappa shape index (κ3) is 4.68. The average molecular weight is 378 g/mol. The first kappa shape index (κ1) is 18.5. The van der Waals surface area contributed by atoms with Crippen LogP contribution in [0.4, 0.5) is 5.69 Å². The fraction of sp³-hybridized carbons (Fsp3) is 0.0952. The minimum absolute atomic E-state index is 0.196. The van der Waals surface area contributed by atoms with E-state index in [9.17, 15) is 9.59 Å². The predicted molar refractivity (Wildman–Crippen MR) is 107 cm³/mol. The molecule has 6 heteroatoms. The molecule has 3 rings (SSSR count). The molecule has 27 heavy (non-hydrogen) atoms. The van der Waals surface area contributed by atoms with Gasteiger partial charge in [0, 0.05) is 23.2 Å². The summed E-state index contributed by atoms with van der Waals surface area (Å²) < 4.78 is 5.17. The summed E-state index contributed by atoms with van der Waals surface area (Å²) in [5, 5.41) is 2.36. The van der Waals surface area contributed by atoms with Gasteiger partial charge in [-0.3, -0.25) is 4.79 Å². The average Bonchev–Trinajstić information content (AvgIpc) is 3.22. The van der Waals surface area contributed by atoms with Crippen molar-refractivity contribution in [1.29, 1.82) is 0 Å². The maximum atomic E-state index is 12.5. The molecule has 0 fully saturated rings. The van der Waals surface area contributed by atoms with Gasteiger partial charge in [0.1, 0.15) is 5.01 Å². The van der Waals surface area contributed by atoms with E-state index >= 15 is 0 Å². The van der Waals surface area contributed by atoms with Gasteiger partial charge in [0.05, 0.1) is 0 Å². The second-order valence-electron chi connectivity index (χ2n) is 5.61. The SMILES string of the molecule is C=CCN(C(=O)COC(=O)c1csc(-c2ccccc2)n1)c1ccccc1. The predicted octanol–water partition coefficient (Wildman–Crippen LogP) is 4.19. The number of hydrogen-bond donors (Lipinski definition) is 0. The van der Waals surface area contributed by atoms with Crippen LogP contribution in [0.3, 0.4) is 0 Å². The lowest BCUT2D eigenvalue weighted by Gasteiger charge is -2.20. The van der Waals surface area contributed by atoms with E-state index in [-0.39, 0.29) is 18.2 Å². The first-order valence-electron chi connectivity index (χ1n) is 8.33. The second-order valence-corrected chi connectivity index (χ2v) is 6.47. The number of esters is 1. The van der Waals surface area contributed by atoms with E-state index in [1.165, 1.54) is 16.2 Å². The number of nitrogens with zero attached hydrogens (tertiary/aromatic N) is 2. The van der Waals surface area contributed by atoms with Crippen molar-refractivity contribution in [3.8, 4) is 10.6 Å². The molecular weight excluding hydrogens is 360 g/mol. The molecule has 0 spiro atoms. The quantitative estimate of drug-likeness (QED) is 0.457. The molecule has 0 radical (unpaired) electrons. The summed E-state index contributed by atoms with van der Waals surface area (Å²) in [5.74, 6) is -0.943. The van der Waals surface area contributed by atoms with Crippen LogP contribution >= 0.6 is 11.3 Å². The molecule has 0 N–H and O–H groups in total. The van der Waals surface area contributed by atoms with Gasteiger partial charge in [0.15, 0.2) is 12.3 Å². The highest BCUT2D eigenvalue weighted by Crippen LogP contribution is 2.23. The number of anilines is 1. The van der Waals surface area contributed by atoms with Crippen LogP contribution in [0.5, 0.6) is 0 Å². The summed E-state index contributed by atoms with van der Waals surface area (Å²) in [4.78, 5) is 30.5. The molecule has 3 aromatic rings. The van der Waals surface area contributed by atoms with Crippen molar-refractivity contribution < 1.29 is 14.3 Å². The van der Waals surface area contributed by atoms with Crippen molar-refractivity contribution in [3.63, 3.8) is 0 Å². The third-order valence-corrected chi connectivity index (χ3v) is 4.63. The Hall–Kier alpha value is -3.25. The van der Waals surface area contributed by atoms with Gasteiger partial charge in [-0.05, 0) is 12.1 Å². The van der Waals surface area contributed by atoms with Gasteiger partial charge in [0.2, 0.25) is 0 Å². The Labute approximate surface area is 161 Å². The maximum absolute atomic E-state index is 12.5. The molecule has 0 aliphatic carbocycles. The lowest BCUT2D eigenvalue weighted by Crippen LogP contribution is -2.34. The smallest absolute Gasteiger partial charge is 0.358 e. The molecule has 5 nitrogen and oxygen atoms in total. The molecule has 0 saturated heterocycles. The van der Waals surface area contributed by atoms with Crippen molar-refractivity contribution >= 4 is 28.9 Å². The zero-order valence-electron chi connectivity index (χ0n) is 14.6. The Morgan fingerprint density at radius 2 is 1.74 bits per heavy atom. The summed E-state index contributed by atoms with van der Waals surface area (Å²) >= 11 is 1.36.